The summed E-state index contributed by atoms with van der Waals surface area (Å²) in [5.74, 6) is -0.141. The number of carbonyl (C=O) groups is 2. The maximum atomic E-state index is 13.4. The van der Waals surface area contributed by atoms with Crippen LogP contribution in [-0.4, -0.2) is 73.8 Å². The minimum atomic E-state index is -0.704. The van der Waals surface area contributed by atoms with Crippen molar-refractivity contribution in [2.24, 2.45) is 17.8 Å². The smallest absolute Gasteiger partial charge is 0.225 e. The number of carbonyl (C=O) groups excluding carboxylic acids is 2. The number of aliphatic hydroxyl groups is 1. The molecule has 1 amide bonds. The number of likely N-dealkylation sites (N-methyl/N-ethyl adjacent to an activating group) is 1. The third kappa shape index (κ3) is 7.60. The Morgan fingerprint density at radius 1 is 1.08 bits per heavy atom. The van der Waals surface area contributed by atoms with E-state index in [2.05, 4.69) is 19.2 Å². The van der Waals surface area contributed by atoms with E-state index in [1.54, 1.807) is 14.2 Å². The standard InChI is InChI=1S/C29H48N2O5/c1-8-19(2)27(30-5)25(35-6)18-26(33)31-16-12-15-23(31)29(36-7)21(4)24(32)17-20(3)28(34)22-13-10-9-11-14-22/h9-11,13-14,19-21,23,25,27-30,34H,8,12,15-18H2,1-7H3/t19-,20-,21-,23-,25+,27-,28+,29+/m0/s1. The molecule has 7 heteroatoms. The summed E-state index contributed by atoms with van der Waals surface area (Å²) in [6.45, 7) is 8.76. The van der Waals surface area contributed by atoms with Crippen molar-refractivity contribution in [1.29, 1.82) is 0 Å². The molecule has 1 saturated heterocycles. The van der Waals surface area contributed by atoms with Crippen LogP contribution in [0.25, 0.3) is 0 Å². The van der Waals surface area contributed by atoms with Crippen molar-refractivity contribution in [1.82, 2.24) is 10.2 Å². The molecule has 2 N–H and O–H groups in total. The van der Waals surface area contributed by atoms with Crippen LogP contribution in [0, 0.1) is 17.8 Å². The second-order valence-corrected chi connectivity index (χ2v) is 10.5. The lowest BCUT2D eigenvalue weighted by Gasteiger charge is -2.36. The highest BCUT2D eigenvalue weighted by Crippen LogP contribution is 2.31. The fourth-order valence-corrected chi connectivity index (χ4v) is 5.65. The van der Waals surface area contributed by atoms with Crippen molar-refractivity contribution in [3.8, 4) is 0 Å². The zero-order valence-corrected chi connectivity index (χ0v) is 23.3. The molecule has 2 rings (SSSR count). The molecule has 8 atom stereocenters. The molecule has 204 valence electrons. The number of ketones is 1. The van der Waals surface area contributed by atoms with Crippen LogP contribution in [0.3, 0.4) is 0 Å². The minimum Gasteiger partial charge on any atom is -0.388 e. The molecule has 0 spiro atoms. The van der Waals surface area contributed by atoms with Gasteiger partial charge in [0.2, 0.25) is 5.91 Å². The Morgan fingerprint density at radius 3 is 2.31 bits per heavy atom. The fraction of sp³-hybridized carbons (Fsp3) is 0.724. The quantitative estimate of drug-likeness (QED) is 0.375. The first-order valence-electron chi connectivity index (χ1n) is 13.5. The predicted octanol–water partition coefficient (Wildman–Crippen LogP) is 4.00. The van der Waals surface area contributed by atoms with E-state index >= 15 is 0 Å². The Hall–Kier alpha value is -1.80. The van der Waals surface area contributed by atoms with Crippen LogP contribution in [0.1, 0.15) is 71.5 Å². The normalized spacial score (nSPS) is 21.9. The van der Waals surface area contributed by atoms with Gasteiger partial charge in [0, 0.05) is 39.1 Å². The minimum absolute atomic E-state index is 0.0440. The SMILES string of the molecule is CC[C@H](C)[C@H](NC)[C@@H](CC(=O)N1CCC[C@H]1[C@H](OC)[C@@H](C)C(=O)C[C@H](C)[C@@H](O)c1ccccc1)OC. The van der Waals surface area contributed by atoms with Gasteiger partial charge in [-0.25, -0.2) is 0 Å². The van der Waals surface area contributed by atoms with Gasteiger partial charge in [0.1, 0.15) is 5.78 Å². The molecule has 1 aliphatic rings. The summed E-state index contributed by atoms with van der Waals surface area (Å²) < 4.78 is 11.6. The number of Topliss-reactive ketones (excluding diaryl/α,β-unsaturated/α-hetero) is 1. The third-order valence-corrected chi connectivity index (χ3v) is 8.14. The highest BCUT2D eigenvalue weighted by molar-refractivity contribution is 5.82. The second-order valence-electron chi connectivity index (χ2n) is 10.5. The van der Waals surface area contributed by atoms with E-state index < -0.39 is 6.10 Å². The molecular weight excluding hydrogens is 456 g/mol. The fourth-order valence-electron chi connectivity index (χ4n) is 5.65. The number of rotatable bonds is 15. The molecule has 7 nitrogen and oxygen atoms in total. The summed E-state index contributed by atoms with van der Waals surface area (Å²) >= 11 is 0. The maximum absolute atomic E-state index is 13.4. The van der Waals surface area contributed by atoms with Crippen LogP contribution in [0.4, 0.5) is 0 Å². The van der Waals surface area contributed by atoms with Crippen LogP contribution >= 0.6 is 0 Å². The summed E-state index contributed by atoms with van der Waals surface area (Å²) in [5.41, 5.74) is 0.811. The molecule has 36 heavy (non-hydrogen) atoms. The summed E-state index contributed by atoms with van der Waals surface area (Å²) in [5, 5.41) is 14.0. The average Bonchev–Trinajstić information content (AvgIpc) is 3.38. The lowest BCUT2D eigenvalue weighted by Crippen LogP contribution is -2.50. The number of aliphatic hydroxyl groups excluding tert-OH is 1. The Morgan fingerprint density at radius 2 is 1.75 bits per heavy atom. The highest BCUT2D eigenvalue weighted by atomic mass is 16.5. The topological polar surface area (TPSA) is 88.1 Å². The number of amides is 1. The van der Waals surface area contributed by atoms with Gasteiger partial charge in [0.15, 0.2) is 0 Å². The van der Waals surface area contributed by atoms with Gasteiger partial charge in [-0.3, -0.25) is 9.59 Å². The van der Waals surface area contributed by atoms with Crippen molar-refractivity contribution >= 4 is 11.7 Å². The average molecular weight is 505 g/mol. The summed E-state index contributed by atoms with van der Waals surface area (Å²) in [6.07, 6.45) is 1.92. The number of likely N-dealkylation sites (tertiary alicyclic amines) is 1. The van der Waals surface area contributed by atoms with Crippen molar-refractivity contribution in [3.05, 3.63) is 35.9 Å². The first kappa shape index (κ1) is 30.4. The maximum Gasteiger partial charge on any atom is 0.225 e. The molecule has 0 aliphatic carbocycles. The van der Waals surface area contributed by atoms with Gasteiger partial charge in [0.25, 0.3) is 0 Å². The van der Waals surface area contributed by atoms with Gasteiger partial charge >= 0.3 is 0 Å². The van der Waals surface area contributed by atoms with Gasteiger partial charge < -0.3 is 24.8 Å². The molecule has 1 aromatic rings. The van der Waals surface area contributed by atoms with E-state index in [1.165, 1.54) is 0 Å². The summed E-state index contributed by atoms with van der Waals surface area (Å²) in [7, 11) is 5.20. The van der Waals surface area contributed by atoms with Crippen LogP contribution in [0.2, 0.25) is 0 Å². The highest BCUT2D eigenvalue weighted by Gasteiger charge is 2.41. The van der Waals surface area contributed by atoms with Crippen molar-refractivity contribution < 1.29 is 24.2 Å². The number of hydrogen-bond donors (Lipinski definition) is 2. The molecule has 1 aromatic carbocycles. The van der Waals surface area contributed by atoms with Crippen molar-refractivity contribution in [2.75, 3.05) is 27.8 Å². The van der Waals surface area contributed by atoms with Gasteiger partial charge in [0.05, 0.1) is 30.8 Å². The van der Waals surface area contributed by atoms with E-state index in [-0.39, 0.29) is 54.2 Å². The molecule has 1 fully saturated rings. The Bertz CT molecular complexity index is 804. The largest absolute Gasteiger partial charge is 0.388 e. The second kappa shape index (κ2) is 14.8. The number of nitrogens with zero attached hydrogens (tertiary/aromatic N) is 1. The molecule has 1 aliphatic heterocycles. The number of nitrogens with one attached hydrogen (secondary N) is 1. The lowest BCUT2D eigenvalue weighted by molar-refractivity contribution is -0.142. The number of ether oxygens (including phenoxy) is 2. The first-order chi connectivity index (χ1) is 17.2. The zero-order valence-electron chi connectivity index (χ0n) is 23.3. The lowest BCUT2D eigenvalue weighted by atomic mass is 9.85. The molecule has 0 saturated carbocycles. The van der Waals surface area contributed by atoms with Crippen LogP contribution in [0.15, 0.2) is 30.3 Å². The molecule has 0 bridgehead atoms. The number of hydrogen-bond acceptors (Lipinski definition) is 6. The van der Waals surface area contributed by atoms with Crippen molar-refractivity contribution in [2.45, 2.75) is 90.2 Å². The molecule has 0 unspecified atom stereocenters. The Balaban J connectivity index is 2.07. The van der Waals surface area contributed by atoms with Crippen LogP contribution in [0.5, 0.6) is 0 Å². The van der Waals surface area contributed by atoms with E-state index in [9.17, 15) is 14.7 Å². The van der Waals surface area contributed by atoms with E-state index in [0.717, 1.165) is 24.8 Å². The van der Waals surface area contributed by atoms with E-state index in [4.69, 9.17) is 9.47 Å². The molecule has 1 heterocycles. The molecule has 0 aromatic heterocycles. The monoisotopic (exact) mass is 504 g/mol. The van der Waals surface area contributed by atoms with Crippen LogP contribution in [-0.2, 0) is 19.1 Å². The number of benzene rings is 1. The van der Waals surface area contributed by atoms with Gasteiger partial charge in [-0.15, -0.1) is 0 Å². The Labute approximate surface area is 217 Å². The predicted molar refractivity (Wildman–Crippen MR) is 143 cm³/mol. The molecular formula is C29H48N2O5. The van der Waals surface area contributed by atoms with E-state index in [1.807, 2.05) is 56.1 Å². The van der Waals surface area contributed by atoms with E-state index in [0.29, 0.717) is 18.9 Å². The van der Waals surface area contributed by atoms with Crippen LogP contribution < -0.4 is 5.32 Å². The van der Waals surface area contributed by atoms with Gasteiger partial charge in [-0.1, -0.05) is 64.4 Å². The van der Waals surface area contributed by atoms with Gasteiger partial charge in [-0.05, 0) is 37.3 Å². The Kier molecular flexibility index (Phi) is 12.5. The summed E-state index contributed by atoms with van der Waals surface area (Å²) in [6, 6.07) is 9.37. The van der Waals surface area contributed by atoms with Gasteiger partial charge in [-0.2, -0.15) is 0 Å². The summed E-state index contributed by atoms with van der Waals surface area (Å²) in [4.78, 5) is 28.6. The molecule has 0 radical (unpaired) electrons. The third-order valence-electron chi connectivity index (χ3n) is 8.14. The number of methoxy groups -OCH3 is 2. The zero-order chi connectivity index (χ0) is 26.8. The van der Waals surface area contributed by atoms with Crippen molar-refractivity contribution in [3.63, 3.8) is 0 Å². The first-order valence-corrected chi connectivity index (χ1v) is 13.5.